The molecule has 0 atom stereocenters. The molecule has 0 saturated heterocycles. The minimum atomic E-state index is -3.81. The summed E-state index contributed by atoms with van der Waals surface area (Å²) >= 11 is 0. The van der Waals surface area contributed by atoms with E-state index < -0.39 is 15.9 Å². The molecule has 7 nitrogen and oxygen atoms in total. The molecular weight excluding hydrogens is 380 g/mol. The molecule has 152 valence electrons. The van der Waals surface area contributed by atoms with Gasteiger partial charge in [0, 0.05) is 13.1 Å². The smallest absolute Gasteiger partial charge is 0.243 e. The van der Waals surface area contributed by atoms with Crippen molar-refractivity contribution in [1.29, 1.82) is 0 Å². The summed E-state index contributed by atoms with van der Waals surface area (Å²) < 4.78 is 37.4. The zero-order valence-electron chi connectivity index (χ0n) is 17.0. The molecule has 0 aliphatic carbocycles. The summed E-state index contributed by atoms with van der Waals surface area (Å²) in [5.41, 5.74) is 2.73. The summed E-state index contributed by atoms with van der Waals surface area (Å²) in [7, 11) is 0.584. The quantitative estimate of drug-likeness (QED) is 0.764. The van der Waals surface area contributed by atoms with Gasteiger partial charge in [0.15, 0.2) is 0 Å². The maximum atomic E-state index is 13.0. The molecule has 28 heavy (non-hydrogen) atoms. The maximum absolute atomic E-state index is 13.0. The molecule has 0 aliphatic rings. The van der Waals surface area contributed by atoms with E-state index in [4.69, 9.17) is 9.47 Å². The zero-order valence-corrected chi connectivity index (χ0v) is 17.8. The first-order valence-corrected chi connectivity index (χ1v) is 10.1. The van der Waals surface area contributed by atoms with E-state index >= 15 is 0 Å². The Labute approximate surface area is 166 Å². The van der Waals surface area contributed by atoms with E-state index in [1.165, 1.54) is 21.3 Å². The first-order chi connectivity index (χ1) is 13.1. The number of sulfonamides is 1. The first-order valence-electron chi connectivity index (χ1n) is 8.66. The van der Waals surface area contributed by atoms with Crippen LogP contribution in [0.3, 0.4) is 0 Å². The van der Waals surface area contributed by atoms with Crippen molar-refractivity contribution >= 4 is 21.6 Å². The van der Waals surface area contributed by atoms with Gasteiger partial charge in [0.1, 0.15) is 11.5 Å². The highest BCUT2D eigenvalue weighted by atomic mass is 32.2. The van der Waals surface area contributed by atoms with Crippen molar-refractivity contribution in [1.82, 2.24) is 4.31 Å². The number of hydrogen-bond acceptors (Lipinski definition) is 5. The Morgan fingerprint density at radius 2 is 1.64 bits per heavy atom. The van der Waals surface area contributed by atoms with E-state index in [0.29, 0.717) is 28.3 Å². The van der Waals surface area contributed by atoms with Crippen LogP contribution in [-0.2, 0) is 14.8 Å². The van der Waals surface area contributed by atoms with E-state index in [1.807, 2.05) is 19.1 Å². The average Bonchev–Trinajstić information content (AvgIpc) is 2.60. The largest absolute Gasteiger partial charge is 0.497 e. The lowest BCUT2D eigenvalue weighted by Gasteiger charge is -2.20. The van der Waals surface area contributed by atoms with E-state index in [9.17, 15) is 13.2 Å². The summed E-state index contributed by atoms with van der Waals surface area (Å²) in [6.07, 6.45) is 0. The van der Waals surface area contributed by atoms with Gasteiger partial charge < -0.3 is 14.8 Å². The molecule has 0 fully saturated rings. The van der Waals surface area contributed by atoms with Gasteiger partial charge in [-0.1, -0.05) is 17.7 Å². The van der Waals surface area contributed by atoms with Crippen molar-refractivity contribution in [2.24, 2.45) is 0 Å². The Bertz CT molecular complexity index is 963. The van der Waals surface area contributed by atoms with Gasteiger partial charge in [-0.3, -0.25) is 4.79 Å². The first kappa shape index (κ1) is 21.7. The minimum Gasteiger partial charge on any atom is -0.497 e. The lowest BCUT2D eigenvalue weighted by molar-refractivity contribution is -0.116. The van der Waals surface area contributed by atoms with Gasteiger partial charge >= 0.3 is 0 Å². The second kappa shape index (κ2) is 8.62. The molecule has 0 saturated carbocycles. The third-order valence-corrected chi connectivity index (χ3v) is 6.43. The number of carbonyl (C=O) groups excluding carboxylic acids is 1. The summed E-state index contributed by atoms with van der Waals surface area (Å²) in [6.45, 7) is 5.09. The Morgan fingerprint density at radius 3 is 2.18 bits per heavy atom. The van der Waals surface area contributed by atoms with Crippen molar-refractivity contribution < 1.29 is 22.7 Å². The van der Waals surface area contributed by atoms with Gasteiger partial charge in [0.2, 0.25) is 15.9 Å². The number of nitrogens with zero attached hydrogens (tertiary/aromatic N) is 1. The number of amides is 1. The maximum Gasteiger partial charge on any atom is 0.243 e. The van der Waals surface area contributed by atoms with Crippen LogP contribution in [0, 0.1) is 20.8 Å². The van der Waals surface area contributed by atoms with Gasteiger partial charge in [-0.25, -0.2) is 8.42 Å². The highest BCUT2D eigenvalue weighted by Gasteiger charge is 2.27. The monoisotopic (exact) mass is 406 g/mol. The Kier molecular flexibility index (Phi) is 6.69. The second-order valence-corrected chi connectivity index (χ2v) is 8.59. The fourth-order valence-electron chi connectivity index (χ4n) is 3.11. The van der Waals surface area contributed by atoms with Crippen LogP contribution in [0.4, 0.5) is 5.69 Å². The van der Waals surface area contributed by atoms with E-state index in [0.717, 1.165) is 9.87 Å². The Hall–Kier alpha value is -2.58. The van der Waals surface area contributed by atoms with Crippen LogP contribution >= 0.6 is 0 Å². The highest BCUT2D eigenvalue weighted by molar-refractivity contribution is 7.89. The van der Waals surface area contributed by atoms with Crippen molar-refractivity contribution in [2.45, 2.75) is 25.7 Å². The number of rotatable bonds is 7. The second-order valence-electron chi connectivity index (χ2n) is 6.60. The molecule has 0 heterocycles. The fourth-order valence-corrected chi connectivity index (χ4v) is 4.64. The normalized spacial score (nSPS) is 11.4. The molecule has 2 aromatic carbocycles. The molecule has 1 N–H and O–H groups in total. The molecule has 1 amide bonds. The average molecular weight is 407 g/mol. The van der Waals surface area contributed by atoms with E-state index in [2.05, 4.69) is 5.32 Å². The zero-order chi connectivity index (χ0) is 21.1. The molecule has 0 aliphatic heterocycles. The Morgan fingerprint density at radius 1 is 1.04 bits per heavy atom. The van der Waals surface area contributed by atoms with Crippen LogP contribution in [0.2, 0.25) is 0 Å². The summed E-state index contributed by atoms with van der Waals surface area (Å²) in [6, 6.07) is 8.58. The number of anilines is 1. The van der Waals surface area contributed by atoms with Gasteiger partial charge in [-0.2, -0.15) is 4.31 Å². The molecule has 2 aromatic rings. The molecule has 8 heteroatoms. The number of likely N-dealkylation sites (N-methyl/N-ethyl adjacent to an activating group) is 1. The van der Waals surface area contributed by atoms with Crippen LogP contribution in [-0.4, -0.2) is 46.4 Å². The molecule has 0 aromatic heterocycles. The van der Waals surface area contributed by atoms with Gasteiger partial charge in [0.05, 0.1) is 31.3 Å². The van der Waals surface area contributed by atoms with Crippen molar-refractivity contribution in [3.63, 3.8) is 0 Å². The predicted octanol–water partition coefficient (Wildman–Crippen LogP) is 2.89. The minimum absolute atomic E-state index is 0.232. The Balaban J connectivity index is 2.21. The van der Waals surface area contributed by atoms with Gasteiger partial charge in [-0.05, 0) is 44.0 Å². The molecule has 0 spiro atoms. The summed E-state index contributed by atoms with van der Waals surface area (Å²) in [5.74, 6) is 0.528. The lowest BCUT2D eigenvalue weighted by atomic mass is 10.1. The van der Waals surface area contributed by atoms with E-state index in [1.54, 1.807) is 32.0 Å². The molecular formula is C20H26N2O5S. The number of methoxy groups -OCH3 is 2. The molecule has 0 radical (unpaired) electrons. The fraction of sp³-hybridized carbons (Fsp3) is 0.350. The third kappa shape index (κ3) is 4.63. The molecule has 0 unspecified atom stereocenters. The van der Waals surface area contributed by atoms with Crippen LogP contribution in [0.1, 0.15) is 16.7 Å². The van der Waals surface area contributed by atoms with Crippen LogP contribution in [0.15, 0.2) is 35.2 Å². The number of ether oxygens (including phenoxy) is 2. The van der Waals surface area contributed by atoms with E-state index in [-0.39, 0.29) is 11.4 Å². The number of aryl methyl sites for hydroxylation is 3. The number of nitrogens with one attached hydrogen (secondary N) is 1. The SMILES string of the molecule is COc1ccc(NC(=O)CN(C)S(=O)(=O)c2c(C)cc(C)cc2C)c(OC)c1. The lowest BCUT2D eigenvalue weighted by Crippen LogP contribution is -2.35. The van der Waals surface area contributed by atoms with Crippen LogP contribution < -0.4 is 14.8 Å². The van der Waals surface area contributed by atoms with Crippen molar-refractivity contribution in [3.05, 3.63) is 47.0 Å². The van der Waals surface area contributed by atoms with Crippen molar-refractivity contribution in [3.8, 4) is 11.5 Å². The topological polar surface area (TPSA) is 84.9 Å². The number of carbonyl (C=O) groups is 1. The van der Waals surface area contributed by atoms with Gasteiger partial charge in [0.25, 0.3) is 0 Å². The summed E-state index contributed by atoms with van der Waals surface area (Å²) in [5, 5.41) is 2.68. The number of benzene rings is 2. The third-order valence-electron chi connectivity index (χ3n) is 4.32. The van der Waals surface area contributed by atoms with Crippen LogP contribution in [0.25, 0.3) is 0 Å². The van der Waals surface area contributed by atoms with Crippen LogP contribution in [0.5, 0.6) is 11.5 Å². The molecule has 2 rings (SSSR count). The predicted molar refractivity (Wildman–Crippen MR) is 109 cm³/mol. The standard InChI is InChI=1S/C20H26N2O5S/c1-13-9-14(2)20(15(3)10-13)28(24,25)22(4)12-19(23)21-17-8-7-16(26-5)11-18(17)27-6/h7-11H,12H2,1-6H3,(H,21,23). The highest BCUT2D eigenvalue weighted by Crippen LogP contribution is 2.29. The van der Waals surface area contributed by atoms with Crippen molar-refractivity contribution in [2.75, 3.05) is 33.1 Å². The number of hydrogen-bond donors (Lipinski definition) is 1. The van der Waals surface area contributed by atoms with Gasteiger partial charge in [-0.15, -0.1) is 0 Å². The summed E-state index contributed by atoms with van der Waals surface area (Å²) in [4.78, 5) is 12.7. The molecule has 0 bridgehead atoms.